The largest absolute Gasteiger partial charge is 0.373 e. The summed E-state index contributed by atoms with van der Waals surface area (Å²) in [5, 5.41) is 0.724. The Hall–Kier alpha value is -2.96. The van der Waals surface area contributed by atoms with Gasteiger partial charge < -0.3 is 33.2 Å². The van der Waals surface area contributed by atoms with Gasteiger partial charge in [0.1, 0.15) is 11.5 Å². The monoisotopic (exact) mass is 387 g/mol. The SMILES string of the molecule is CN(C)CCN(C)c1ccc(C#Cc2cc3cc(F)cnc3[nH]2)cc1.N.N.N. The standard InChI is InChI=1S/C20H21FN4.3H3N/c1-24(2)10-11-25(3)19-8-5-15(6-9-19)4-7-18-13-16-12-17(21)14-22-20(16)23-18;;;/h5-6,8-9,12-14H,10-11H2,1-3H3,(H,22,23);3*1H3. The Bertz CT molecular complexity index is 923. The molecule has 3 aromatic rings. The van der Waals surface area contributed by atoms with E-state index in [-0.39, 0.29) is 24.3 Å². The van der Waals surface area contributed by atoms with E-state index in [0.717, 1.165) is 35.4 Å². The van der Waals surface area contributed by atoms with Crippen molar-refractivity contribution in [1.29, 1.82) is 0 Å². The number of likely N-dealkylation sites (N-methyl/N-ethyl adjacent to an activating group) is 2. The number of aromatic nitrogens is 2. The molecule has 0 amide bonds. The lowest BCUT2D eigenvalue weighted by molar-refractivity contribution is 0.416. The number of nitrogens with one attached hydrogen (secondary N) is 1. The van der Waals surface area contributed by atoms with Crippen molar-refractivity contribution < 1.29 is 4.39 Å². The maximum absolute atomic E-state index is 13.2. The number of anilines is 1. The third-order valence-corrected chi connectivity index (χ3v) is 3.97. The van der Waals surface area contributed by atoms with E-state index in [9.17, 15) is 4.39 Å². The fourth-order valence-electron chi connectivity index (χ4n) is 2.47. The van der Waals surface area contributed by atoms with Gasteiger partial charge in [0, 0.05) is 36.8 Å². The second kappa shape index (κ2) is 11.0. The highest BCUT2D eigenvalue weighted by Crippen LogP contribution is 2.15. The number of benzene rings is 1. The third-order valence-electron chi connectivity index (χ3n) is 3.97. The highest BCUT2D eigenvalue weighted by molar-refractivity contribution is 5.77. The van der Waals surface area contributed by atoms with E-state index in [1.54, 1.807) is 0 Å². The molecule has 2 heterocycles. The number of H-pyrrole nitrogens is 1. The van der Waals surface area contributed by atoms with Gasteiger partial charge in [-0.3, -0.25) is 0 Å². The molecule has 0 unspecified atom stereocenters. The number of aromatic amines is 1. The first-order valence-electron chi connectivity index (χ1n) is 8.13. The molecular formula is C20H30FN7. The number of halogens is 1. The van der Waals surface area contributed by atoms with E-state index in [0.29, 0.717) is 5.65 Å². The average molecular weight is 388 g/mol. The second-order valence-electron chi connectivity index (χ2n) is 6.30. The first-order valence-corrected chi connectivity index (χ1v) is 8.13. The van der Waals surface area contributed by atoms with E-state index < -0.39 is 0 Å². The lowest BCUT2D eigenvalue weighted by Gasteiger charge is -2.21. The molecule has 28 heavy (non-hydrogen) atoms. The zero-order valence-electron chi connectivity index (χ0n) is 16.8. The van der Waals surface area contributed by atoms with Crippen molar-refractivity contribution in [3.63, 3.8) is 0 Å². The maximum atomic E-state index is 13.2. The summed E-state index contributed by atoms with van der Waals surface area (Å²) in [6.07, 6.45) is 1.20. The van der Waals surface area contributed by atoms with Crippen molar-refractivity contribution in [2.24, 2.45) is 0 Å². The Balaban J connectivity index is 0.00000243. The molecule has 3 rings (SSSR count). The van der Waals surface area contributed by atoms with Gasteiger partial charge in [-0.05, 0) is 56.4 Å². The zero-order chi connectivity index (χ0) is 17.8. The van der Waals surface area contributed by atoms with Gasteiger partial charge in [-0.2, -0.15) is 0 Å². The quantitative estimate of drug-likeness (QED) is 0.504. The second-order valence-corrected chi connectivity index (χ2v) is 6.30. The summed E-state index contributed by atoms with van der Waals surface area (Å²) in [5.41, 5.74) is 3.46. The van der Waals surface area contributed by atoms with E-state index in [2.05, 4.69) is 64.9 Å². The predicted octanol–water partition coefficient (Wildman–Crippen LogP) is 3.59. The maximum Gasteiger partial charge on any atom is 0.142 e. The predicted molar refractivity (Wildman–Crippen MR) is 115 cm³/mol. The Labute approximate surface area is 165 Å². The molecule has 10 N–H and O–H groups in total. The molecule has 0 saturated carbocycles. The van der Waals surface area contributed by atoms with Gasteiger partial charge in [-0.1, -0.05) is 5.92 Å². The van der Waals surface area contributed by atoms with Gasteiger partial charge in [0.15, 0.2) is 0 Å². The van der Waals surface area contributed by atoms with Crippen molar-refractivity contribution in [3.05, 3.63) is 59.7 Å². The Kier molecular flexibility index (Phi) is 9.85. The lowest BCUT2D eigenvalue weighted by atomic mass is 10.2. The molecule has 0 radical (unpaired) electrons. The van der Waals surface area contributed by atoms with Crippen LogP contribution in [0.4, 0.5) is 10.1 Å². The number of hydrogen-bond donors (Lipinski definition) is 4. The molecule has 0 aliphatic carbocycles. The van der Waals surface area contributed by atoms with Gasteiger partial charge in [0.2, 0.25) is 0 Å². The molecule has 152 valence electrons. The van der Waals surface area contributed by atoms with Crippen LogP contribution in [0, 0.1) is 17.7 Å². The molecule has 7 nitrogen and oxygen atoms in total. The number of fused-ring (bicyclic) bond motifs is 1. The average Bonchev–Trinajstić information content (AvgIpc) is 3.00. The van der Waals surface area contributed by atoms with Crippen LogP contribution in [0.1, 0.15) is 11.3 Å². The first-order chi connectivity index (χ1) is 12.0. The molecule has 1 aromatic carbocycles. The van der Waals surface area contributed by atoms with E-state index >= 15 is 0 Å². The minimum atomic E-state index is -0.347. The smallest absolute Gasteiger partial charge is 0.142 e. The number of pyridine rings is 1. The highest BCUT2D eigenvalue weighted by atomic mass is 19.1. The highest BCUT2D eigenvalue weighted by Gasteiger charge is 2.02. The number of hydrogen-bond acceptors (Lipinski definition) is 6. The summed E-state index contributed by atoms with van der Waals surface area (Å²) in [5.74, 6) is 5.85. The molecular weight excluding hydrogens is 357 g/mol. The van der Waals surface area contributed by atoms with Gasteiger partial charge in [-0.25, -0.2) is 9.37 Å². The Morgan fingerprint density at radius 1 is 0.964 bits per heavy atom. The number of nitrogens with zero attached hydrogens (tertiary/aromatic N) is 3. The lowest BCUT2D eigenvalue weighted by Crippen LogP contribution is -2.28. The van der Waals surface area contributed by atoms with Gasteiger partial charge in [0.05, 0.1) is 11.9 Å². The van der Waals surface area contributed by atoms with Crippen molar-refractivity contribution in [2.45, 2.75) is 0 Å². The Morgan fingerprint density at radius 2 is 1.64 bits per heavy atom. The normalized spacial score (nSPS) is 9.61. The molecule has 0 aliphatic heterocycles. The van der Waals surface area contributed by atoms with E-state index in [1.165, 1.54) is 12.3 Å². The zero-order valence-corrected chi connectivity index (χ0v) is 16.8. The fourth-order valence-corrected chi connectivity index (χ4v) is 2.47. The van der Waals surface area contributed by atoms with Crippen LogP contribution < -0.4 is 23.4 Å². The van der Waals surface area contributed by atoms with Crippen LogP contribution in [-0.4, -0.2) is 49.1 Å². The Morgan fingerprint density at radius 3 is 2.29 bits per heavy atom. The first kappa shape index (κ1) is 25.0. The molecule has 0 aliphatic rings. The van der Waals surface area contributed by atoms with Crippen LogP contribution >= 0.6 is 0 Å². The summed E-state index contributed by atoms with van der Waals surface area (Å²) in [7, 11) is 6.22. The molecule has 8 heteroatoms. The molecule has 0 saturated heterocycles. The summed E-state index contributed by atoms with van der Waals surface area (Å²) < 4.78 is 13.2. The van der Waals surface area contributed by atoms with Crippen molar-refractivity contribution in [1.82, 2.24) is 33.3 Å². The van der Waals surface area contributed by atoms with Crippen LogP contribution in [-0.2, 0) is 0 Å². The van der Waals surface area contributed by atoms with Crippen LogP contribution in [0.5, 0.6) is 0 Å². The summed E-state index contributed by atoms with van der Waals surface area (Å²) in [4.78, 5) is 11.5. The van der Waals surface area contributed by atoms with Gasteiger partial charge >= 0.3 is 0 Å². The van der Waals surface area contributed by atoms with E-state index in [1.807, 2.05) is 18.2 Å². The van der Waals surface area contributed by atoms with Crippen LogP contribution in [0.3, 0.4) is 0 Å². The van der Waals surface area contributed by atoms with Crippen LogP contribution in [0.2, 0.25) is 0 Å². The van der Waals surface area contributed by atoms with Crippen LogP contribution in [0.25, 0.3) is 11.0 Å². The van der Waals surface area contributed by atoms with Gasteiger partial charge in [-0.15, -0.1) is 0 Å². The molecule has 0 spiro atoms. The van der Waals surface area contributed by atoms with E-state index in [4.69, 9.17) is 0 Å². The molecule has 2 aromatic heterocycles. The summed E-state index contributed by atoms with van der Waals surface area (Å²) >= 11 is 0. The van der Waals surface area contributed by atoms with Crippen molar-refractivity contribution >= 4 is 16.7 Å². The molecule has 0 atom stereocenters. The van der Waals surface area contributed by atoms with Crippen LogP contribution in [0.15, 0.2) is 42.6 Å². The molecule has 0 fully saturated rings. The third kappa shape index (κ3) is 6.33. The minimum Gasteiger partial charge on any atom is -0.373 e. The van der Waals surface area contributed by atoms with Crippen molar-refractivity contribution in [2.75, 3.05) is 39.1 Å². The minimum absolute atomic E-state index is 0. The van der Waals surface area contributed by atoms with Gasteiger partial charge in [0.25, 0.3) is 0 Å². The summed E-state index contributed by atoms with van der Waals surface area (Å²) in [6, 6.07) is 11.4. The number of rotatable bonds is 4. The summed E-state index contributed by atoms with van der Waals surface area (Å²) in [6.45, 7) is 1.98. The topological polar surface area (TPSA) is 140 Å². The fraction of sp³-hybridized carbons (Fsp3) is 0.250. The molecule has 0 bridgehead atoms. The van der Waals surface area contributed by atoms with Crippen molar-refractivity contribution in [3.8, 4) is 11.8 Å².